The first-order valence-corrected chi connectivity index (χ1v) is 5.36. The van der Waals surface area contributed by atoms with Gasteiger partial charge in [-0.25, -0.2) is 0 Å². The van der Waals surface area contributed by atoms with E-state index in [0.717, 1.165) is 0 Å². The monoisotopic (exact) mass is 271 g/mol. The molecule has 0 saturated heterocycles. The van der Waals surface area contributed by atoms with Gasteiger partial charge >= 0.3 is 0 Å². The number of benzene rings is 1. The van der Waals surface area contributed by atoms with E-state index >= 15 is 0 Å². The number of hydrogen-bond donors (Lipinski definition) is 2. The van der Waals surface area contributed by atoms with Crippen molar-refractivity contribution in [2.24, 2.45) is 0 Å². The Hall–Kier alpha value is -1.65. The summed E-state index contributed by atoms with van der Waals surface area (Å²) in [6.07, 6.45) is 1.32. The Morgan fingerprint density at radius 3 is 2.65 bits per heavy atom. The summed E-state index contributed by atoms with van der Waals surface area (Å²) in [7, 11) is 0. The van der Waals surface area contributed by atoms with Gasteiger partial charge in [-0.1, -0.05) is 11.6 Å². The SMILES string of the molecule is O=C(Nc1ccc(Cl)c(O)c1)c1ccoc1Cl. The van der Waals surface area contributed by atoms with Crippen molar-refractivity contribution in [1.29, 1.82) is 0 Å². The largest absolute Gasteiger partial charge is 0.506 e. The Labute approximate surface area is 107 Å². The maximum absolute atomic E-state index is 11.7. The fourth-order valence-corrected chi connectivity index (χ4v) is 1.56. The number of halogens is 2. The lowest BCUT2D eigenvalue weighted by molar-refractivity contribution is 0.102. The van der Waals surface area contributed by atoms with Gasteiger partial charge in [-0.3, -0.25) is 4.79 Å². The lowest BCUT2D eigenvalue weighted by Crippen LogP contribution is -2.11. The first-order chi connectivity index (χ1) is 8.08. The molecule has 2 N–H and O–H groups in total. The highest BCUT2D eigenvalue weighted by Gasteiger charge is 2.13. The first-order valence-electron chi connectivity index (χ1n) is 4.61. The fourth-order valence-electron chi connectivity index (χ4n) is 1.24. The van der Waals surface area contributed by atoms with Crippen molar-refractivity contribution < 1.29 is 14.3 Å². The molecule has 0 fully saturated rings. The third-order valence-electron chi connectivity index (χ3n) is 2.07. The average Bonchev–Trinajstić information content (AvgIpc) is 2.70. The Morgan fingerprint density at radius 1 is 1.29 bits per heavy atom. The molecule has 0 saturated carbocycles. The number of nitrogens with one attached hydrogen (secondary N) is 1. The van der Waals surface area contributed by atoms with E-state index < -0.39 is 5.91 Å². The van der Waals surface area contributed by atoms with Crippen LogP contribution in [0.25, 0.3) is 0 Å². The zero-order valence-corrected chi connectivity index (χ0v) is 9.92. The van der Waals surface area contributed by atoms with Gasteiger partial charge in [0.25, 0.3) is 5.91 Å². The molecule has 0 unspecified atom stereocenters. The molecule has 1 aromatic heterocycles. The topological polar surface area (TPSA) is 62.5 Å². The minimum Gasteiger partial charge on any atom is -0.506 e. The molecule has 0 radical (unpaired) electrons. The number of anilines is 1. The summed E-state index contributed by atoms with van der Waals surface area (Å²) in [6, 6.07) is 5.83. The maximum Gasteiger partial charge on any atom is 0.260 e. The van der Waals surface area contributed by atoms with Gasteiger partial charge in [0.2, 0.25) is 5.22 Å². The standard InChI is InChI=1S/C11H7Cl2NO3/c12-8-2-1-6(5-9(8)15)14-11(16)7-3-4-17-10(7)13/h1-5,15H,(H,14,16). The number of aromatic hydroxyl groups is 1. The smallest absolute Gasteiger partial charge is 0.260 e. The van der Waals surface area contributed by atoms with Crippen molar-refractivity contribution in [2.45, 2.75) is 0 Å². The van der Waals surface area contributed by atoms with Crippen LogP contribution >= 0.6 is 23.2 Å². The van der Waals surface area contributed by atoms with E-state index in [9.17, 15) is 9.90 Å². The van der Waals surface area contributed by atoms with Gasteiger partial charge in [0, 0.05) is 11.8 Å². The first kappa shape index (κ1) is 11.8. The van der Waals surface area contributed by atoms with Crippen LogP contribution in [-0.4, -0.2) is 11.0 Å². The number of amides is 1. The van der Waals surface area contributed by atoms with E-state index in [1.807, 2.05) is 0 Å². The molecule has 1 amide bonds. The average molecular weight is 272 g/mol. The van der Waals surface area contributed by atoms with Crippen LogP contribution in [0.4, 0.5) is 5.69 Å². The zero-order valence-electron chi connectivity index (χ0n) is 8.41. The van der Waals surface area contributed by atoms with Crippen molar-refractivity contribution >= 4 is 34.8 Å². The molecule has 2 aromatic rings. The molecule has 6 heteroatoms. The van der Waals surface area contributed by atoms with E-state index in [2.05, 4.69) is 5.32 Å². The van der Waals surface area contributed by atoms with Gasteiger partial charge in [0.15, 0.2) is 0 Å². The molecule has 0 bridgehead atoms. The second-order valence-electron chi connectivity index (χ2n) is 3.23. The van der Waals surface area contributed by atoms with Gasteiger partial charge in [-0.05, 0) is 29.8 Å². The van der Waals surface area contributed by atoms with Crippen LogP contribution < -0.4 is 5.32 Å². The van der Waals surface area contributed by atoms with Gasteiger partial charge in [0.05, 0.1) is 16.8 Å². The van der Waals surface area contributed by atoms with Crippen LogP contribution in [0, 0.1) is 0 Å². The third kappa shape index (κ3) is 2.54. The molecule has 2 rings (SSSR count). The molecule has 0 aliphatic rings. The quantitative estimate of drug-likeness (QED) is 0.878. The van der Waals surface area contributed by atoms with Crippen LogP contribution in [-0.2, 0) is 0 Å². The van der Waals surface area contributed by atoms with Gasteiger partial charge in [-0.15, -0.1) is 0 Å². The van der Waals surface area contributed by atoms with Crippen LogP contribution in [0.15, 0.2) is 34.9 Å². The molecule has 4 nitrogen and oxygen atoms in total. The van der Waals surface area contributed by atoms with Crippen molar-refractivity contribution in [3.63, 3.8) is 0 Å². The Bertz CT molecular complexity index is 566. The summed E-state index contributed by atoms with van der Waals surface area (Å²) in [5.74, 6) is -0.534. The van der Waals surface area contributed by atoms with Crippen molar-refractivity contribution in [3.8, 4) is 5.75 Å². The Balaban J connectivity index is 2.19. The van der Waals surface area contributed by atoms with E-state index in [1.165, 1.54) is 24.5 Å². The van der Waals surface area contributed by atoms with Crippen LogP contribution in [0.5, 0.6) is 5.75 Å². The van der Waals surface area contributed by atoms with Crippen LogP contribution in [0.3, 0.4) is 0 Å². The lowest BCUT2D eigenvalue weighted by Gasteiger charge is -2.05. The van der Waals surface area contributed by atoms with Gasteiger partial charge in [0.1, 0.15) is 5.75 Å². The molecule has 0 aliphatic heterocycles. The second kappa shape index (κ2) is 4.69. The van der Waals surface area contributed by atoms with Crippen molar-refractivity contribution in [3.05, 3.63) is 46.3 Å². The van der Waals surface area contributed by atoms with Gasteiger partial charge < -0.3 is 14.8 Å². The molecule has 88 valence electrons. The van der Waals surface area contributed by atoms with Crippen molar-refractivity contribution in [2.75, 3.05) is 5.32 Å². The normalized spacial score (nSPS) is 10.2. The van der Waals surface area contributed by atoms with Crippen molar-refractivity contribution in [1.82, 2.24) is 0 Å². The fraction of sp³-hybridized carbons (Fsp3) is 0. The second-order valence-corrected chi connectivity index (χ2v) is 3.98. The molecule has 1 heterocycles. The number of furan rings is 1. The van der Waals surface area contributed by atoms with Gasteiger partial charge in [-0.2, -0.15) is 0 Å². The summed E-state index contributed by atoms with van der Waals surface area (Å²) >= 11 is 11.3. The zero-order chi connectivity index (χ0) is 12.4. The Kier molecular flexibility index (Phi) is 3.26. The number of carbonyl (C=O) groups is 1. The molecular weight excluding hydrogens is 265 g/mol. The molecular formula is C11H7Cl2NO3. The van der Waals surface area contributed by atoms with Crippen LogP contribution in [0.2, 0.25) is 10.2 Å². The summed E-state index contributed by atoms with van der Waals surface area (Å²) in [5.41, 5.74) is 0.635. The predicted octanol–water partition coefficient (Wildman–Crippen LogP) is 3.54. The number of rotatable bonds is 2. The third-order valence-corrected chi connectivity index (χ3v) is 2.68. The minimum absolute atomic E-state index is 0.0145. The predicted molar refractivity (Wildman–Crippen MR) is 64.8 cm³/mol. The van der Waals surface area contributed by atoms with E-state index in [4.69, 9.17) is 27.6 Å². The summed E-state index contributed by atoms with van der Waals surface area (Å²) in [4.78, 5) is 11.7. The van der Waals surface area contributed by atoms with Crippen LogP contribution in [0.1, 0.15) is 10.4 Å². The molecule has 1 aromatic carbocycles. The maximum atomic E-state index is 11.7. The summed E-state index contributed by atoms with van der Waals surface area (Å²) in [6.45, 7) is 0. The highest BCUT2D eigenvalue weighted by Crippen LogP contribution is 2.27. The number of hydrogen-bond acceptors (Lipinski definition) is 3. The molecule has 17 heavy (non-hydrogen) atoms. The lowest BCUT2D eigenvalue weighted by atomic mass is 10.2. The van der Waals surface area contributed by atoms with E-state index in [-0.39, 0.29) is 21.6 Å². The molecule has 0 atom stereocenters. The summed E-state index contributed by atoms with van der Waals surface area (Å²) < 4.78 is 4.80. The van der Waals surface area contributed by atoms with E-state index in [0.29, 0.717) is 5.69 Å². The van der Waals surface area contributed by atoms with E-state index in [1.54, 1.807) is 6.07 Å². The molecule has 0 spiro atoms. The number of phenols is 1. The summed E-state index contributed by atoms with van der Waals surface area (Å²) in [5, 5.41) is 12.1. The molecule has 0 aliphatic carbocycles. The minimum atomic E-state index is -0.425. The number of carbonyl (C=O) groups excluding carboxylic acids is 1. The highest BCUT2D eigenvalue weighted by molar-refractivity contribution is 6.33. The Morgan fingerprint density at radius 2 is 2.06 bits per heavy atom. The number of phenolic OH excluding ortho intramolecular Hbond substituents is 1. The highest BCUT2D eigenvalue weighted by atomic mass is 35.5.